The van der Waals surface area contributed by atoms with Gasteiger partial charge in [-0.2, -0.15) is 10.4 Å². The first-order valence-corrected chi connectivity index (χ1v) is 9.42. The molecule has 0 bridgehead atoms. The van der Waals surface area contributed by atoms with Gasteiger partial charge in [-0.1, -0.05) is 23.8 Å². The van der Waals surface area contributed by atoms with E-state index in [1.165, 1.54) is 19.2 Å². The molecule has 0 saturated heterocycles. The Kier molecular flexibility index (Phi) is 4.83. The lowest BCUT2D eigenvalue weighted by Gasteiger charge is -2.25. The quantitative estimate of drug-likeness (QED) is 0.507. The number of hydrogen-bond acceptors (Lipinski definition) is 7. The average molecular weight is 417 g/mol. The monoisotopic (exact) mass is 417 g/mol. The van der Waals surface area contributed by atoms with E-state index in [4.69, 9.17) is 15.2 Å². The van der Waals surface area contributed by atoms with Gasteiger partial charge in [-0.15, -0.1) is 0 Å². The number of nitrogens with two attached hydrogens (primary N) is 1. The van der Waals surface area contributed by atoms with Gasteiger partial charge in [0.25, 0.3) is 0 Å². The summed E-state index contributed by atoms with van der Waals surface area (Å²) in [4.78, 5) is 11.0. The number of nitrogens with zero attached hydrogens (tertiary/aromatic N) is 4. The maximum absolute atomic E-state index is 11.5. The van der Waals surface area contributed by atoms with Crippen molar-refractivity contribution in [1.82, 2.24) is 9.78 Å². The molecule has 1 aromatic heterocycles. The Morgan fingerprint density at radius 1 is 1.26 bits per heavy atom. The van der Waals surface area contributed by atoms with Gasteiger partial charge in [0.2, 0.25) is 11.8 Å². The zero-order chi connectivity index (χ0) is 22.3. The summed E-state index contributed by atoms with van der Waals surface area (Å²) >= 11 is 0. The largest absolute Gasteiger partial charge is 0.490 e. The van der Waals surface area contributed by atoms with E-state index in [2.05, 4.69) is 11.2 Å². The van der Waals surface area contributed by atoms with Gasteiger partial charge in [0, 0.05) is 6.07 Å². The zero-order valence-electron chi connectivity index (χ0n) is 17.1. The molecule has 0 radical (unpaired) electrons. The van der Waals surface area contributed by atoms with Crippen LogP contribution in [0.25, 0.3) is 5.69 Å². The number of benzene rings is 2. The van der Waals surface area contributed by atoms with E-state index in [9.17, 15) is 15.4 Å². The van der Waals surface area contributed by atoms with E-state index < -0.39 is 10.8 Å². The number of methoxy groups -OCH3 is 1. The van der Waals surface area contributed by atoms with Gasteiger partial charge >= 0.3 is 5.69 Å². The zero-order valence-corrected chi connectivity index (χ0v) is 17.1. The van der Waals surface area contributed by atoms with Crippen molar-refractivity contribution in [1.29, 1.82) is 5.26 Å². The van der Waals surface area contributed by atoms with Gasteiger partial charge in [0.15, 0.2) is 5.75 Å². The van der Waals surface area contributed by atoms with Gasteiger partial charge in [-0.3, -0.25) is 10.1 Å². The normalized spacial score (nSPS) is 15.1. The van der Waals surface area contributed by atoms with Crippen LogP contribution >= 0.6 is 0 Å². The fourth-order valence-electron chi connectivity index (χ4n) is 3.74. The van der Waals surface area contributed by atoms with Gasteiger partial charge < -0.3 is 15.2 Å². The summed E-state index contributed by atoms with van der Waals surface area (Å²) in [7, 11) is 1.36. The second kappa shape index (κ2) is 7.50. The summed E-state index contributed by atoms with van der Waals surface area (Å²) in [6, 6.07) is 14.4. The summed E-state index contributed by atoms with van der Waals surface area (Å²) in [6.07, 6.45) is 0. The number of fused-ring (bicyclic) bond motifs is 1. The number of rotatable bonds is 4. The van der Waals surface area contributed by atoms with Crippen molar-refractivity contribution < 1.29 is 14.4 Å². The highest BCUT2D eigenvalue weighted by Crippen LogP contribution is 2.46. The third-order valence-corrected chi connectivity index (χ3v) is 5.24. The molecule has 0 saturated carbocycles. The smallest absolute Gasteiger partial charge is 0.311 e. The maximum atomic E-state index is 11.5. The Hall–Kier alpha value is -4.32. The van der Waals surface area contributed by atoms with Crippen molar-refractivity contribution in [2.75, 3.05) is 7.11 Å². The van der Waals surface area contributed by atoms with Gasteiger partial charge in [0.05, 0.1) is 34.9 Å². The Labute approximate surface area is 178 Å². The number of hydrogen-bond donors (Lipinski definition) is 1. The molecule has 0 amide bonds. The minimum Gasteiger partial charge on any atom is -0.490 e. The van der Waals surface area contributed by atoms with Crippen LogP contribution in [0.5, 0.6) is 11.6 Å². The van der Waals surface area contributed by atoms with E-state index in [1.807, 2.05) is 31.2 Å². The van der Waals surface area contributed by atoms with Crippen LogP contribution in [0.3, 0.4) is 0 Å². The highest BCUT2D eigenvalue weighted by atomic mass is 16.6. The fraction of sp³-hybridized carbons (Fsp3) is 0.182. The minimum atomic E-state index is -0.669. The highest BCUT2D eigenvalue weighted by molar-refractivity contribution is 5.60. The molecule has 1 aliphatic heterocycles. The van der Waals surface area contributed by atoms with E-state index in [1.54, 1.807) is 17.7 Å². The lowest BCUT2D eigenvalue weighted by molar-refractivity contribution is -0.385. The molecule has 1 atom stereocenters. The Morgan fingerprint density at radius 3 is 2.58 bits per heavy atom. The first-order valence-electron chi connectivity index (χ1n) is 9.42. The molecule has 0 fully saturated rings. The SMILES string of the molecule is COc1ccc([C@H]2C(C#N)=C(N)Oc3c2c(C)nn3-c2ccc(C)cc2)cc1[N+](=O)[O-]. The molecule has 0 spiro atoms. The van der Waals surface area contributed by atoms with Gasteiger partial charge in [-0.05, 0) is 37.6 Å². The second-order valence-electron chi connectivity index (χ2n) is 7.16. The third kappa shape index (κ3) is 3.24. The van der Waals surface area contributed by atoms with Crippen molar-refractivity contribution >= 4 is 5.69 Å². The van der Waals surface area contributed by atoms with Crippen molar-refractivity contribution in [3.63, 3.8) is 0 Å². The Bertz CT molecular complexity index is 1270. The molecule has 3 aromatic rings. The molecule has 2 aromatic carbocycles. The van der Waals surface area contributed by atoms with E-state index >= 15 is 0 Å². The molecule has 0 aliphatic carbocycles. The molecule has 156 valence electrons. The van der Waals surface area contributed by atoms with Crippen LogP contribution in [0, 0.1) is 35.3 Å². The van der Waals surface area contributed by atoms with Crippen LogP contribution in [0.4, 0.5) is 5.69 Å². The summed E-state index contributed by atoms with van der Waals surface area (Å²) in [6.45, 7) is 3.78. The molecule has 4 rings (SSSR count). The van der Waals surface area contributed by atoms with Gasteiger partial charge in [0.1, 0.15) is 11.6 Å². The van der Waals surface area contributed by atoms with E-state index in [-0.39, 0.29) is 22.9 Å². The molecule has 9 heteroatoms. The van der Waals surface area contributed by atoms with Crippen molar-refractivity contribution in [2.24, 2.45) is 5.73 Å². The van der Waals surface area contributed by atoms with Crippen molar-refractivity contribution in [3.8, 4) is 23.4 Å². The predicted octanol–water partition coefficient (Wildman–Crippen LogP) is 3.62. The van der Waals surface area contributed by atoms with Crippen LogP contribution < -0.4 is 15.2 Å². The topological polar surface area (TPSA) is 129 Å². The summed E-state index contributed by atoms with van der Waals surface area (Å²) in [5, 5.41) is 25.9. The summed E-state index contributed by atoms with van der Waals surface area (Å²) in [5.74, 6) is -0.228. The number of aromatic nitrogens is 2. The average Bonchev–Trinajstić information content (AvgIpc) is 3.08. The van der Waals surface area contributed by atoms with Crippen LogP contribution in [-0.4, -0.2) is 21.8 Å². The van der Waals surface area contributed by atoms with E-state index in [0.717, 1.165) is 11.3 Å². The van der Waals surface area contributed by atoms with Crippen LogP contribution in [0.2, 0.25) is 0 Å². The number of nitriles is 1. The maximum Gasteiger partial charge on any atom is 0.311 e. The first-order chi connectivity index (χ1) is 14.8. The first kappa shape index (κ1) is 20.0. The predicted molar refractivity (Wildman–Crippen MR) is 112 cm³/mol. The molecular formula is C22H19N5O4. The molecular weight excluding hydrogens is 398 g/mol. The third-order valence-electron chi connectivity index (χ3n) is 5.24. The highest BCUT2D eigenvalue weighted by Gasteiger charge is 2.37. The number of ether oxygens (including phenoxy) is 2. The van der Waals surface area contributed by atoms with Gasteiger partial charge in [-0.25, -0.2) is 4.68 Å². The standard InChI is InChI=1S/C22H19N5O4/c1-12-4-7-15(8-5-12)26-22-19(13(2)25-26)20(16(11-23)21(24)31-22)14-6-9-18(30-3)17(10-14)27(28)29/h4-10,20H,24H2,1-3H3/t20-/m0/s1. The molecule has 0 unspecified atom stereocenters. The number of allylic oxidation sites excluding steroid dienone is 1. The number of aryl methyl sites for hydroxylation is 2. The van der Waals surface area contributed by atoms with Crippen molar-refractivity contribution in [2.45, 2.75) is 19.8 Å². The van der Waals surface area contributed by atoms with Crippen molar-refractivity contribution in [3.05, 3.63) is 86.4 Å². The van der Waals surface area contributed by atoms with Crippen LogP contribution in [-0.2, 0) is 0 Å². The lowest BCUT2D eigenvalue weighted by atomic mass is 9.84. The molecule has 9 nitrogen and oxygen atoms in total. The second-order valence-corrected chi connectivity index (χ2v) is 7.16. The Balaban J connectivity index is 1.95. The molecule has 31 heavy (non-hydrogen) atoms. The lowest BCUT2D eigenvalue weighted by Crippen LogP contribution is -2.22. The fourth-order valence-corrected chi connectivity index (χ4v) is 3.74. The molecule has 2 heterocycles. The van der Waals surface area contributed by atoms with Crippen LogP contribution in [0.15, 0.2) is 53.9 Å². The summed E-state index contributed by atoms with van der Waals surface area (Å²) < 4.78 is 12.5. The number of nitro benzene ring substituents is 1. The van der Waals surface area contributed by atoms with E-state index in [0.29, 0.717) is 22.7 Å². The summed E-state index contributed by atoms with van der Waals surface area (Å²) in [5.41, 5.74) is 9.70. The Morgan fingerprint density at radius 2 is 1.97 bits per heavy atom. The number of nitro groups is 1. The molecule has 2 N–H and O–H groups in total. The minimum absolute atomic E-state index is 0.0632. The molecule has 1 aliphatic rings. The van der Waals surface area contributed by atoms with Crippen LogP contribution in [0.1, 0.15) is 28.3 Å².